The van der Waals surface area contributed by atoms with E-state index in [1.165, 1.54) is 25.5 Å². The molecule has 1 aromatic rings. The molecule has 17 heavy (non-hydrogen) atoms. The second kappa shape index (κ2) is 4.53. The Morgan fingerprint density at radius 1 is 1.53 bits per heavy atom. The molecule has 1 aliphatic rings. The fourth-order valence-electron chi connectivity index (χ4n) is 2.82. The maximum Gasteiger partial charge on any atom is 0.354 e. The molecule has 0 radical (unpaired) electrons. The number of carbonyl (C=O) groups excluding carboxylic acids is 1. The van der Waals surface area contributed by atoms with Crippen LogP contribution in [0.5, 0.6) is 0 Å². The molecule has 0 aliphatic heterocycles. The molecule has 0 unspecified atom stereocenters. The molecule has 0 saturated heterocycles. The van der Waals surface area contributed by atoms with Crippen molar-refractivity contribution in [2.75, 3.05) is 13.7 Å². The van der Waals surface area contributed by atoms with Gasteiger partial charge in [0.2, 0.25) is 0 Å². The second-order valence-corrected chi connectivity index (χ2v) is 4.91. The molecule has 0 aromatic carbocycles. The van der Waals surface area contributed by atoms with E-state index in [1.807, 2.05) is 23.9 Å². The van der Waals surface area contributed by atoms with Crippen LogP contribution in [-0.2, 0) is 17.2 Å². The summed E-state index contributed by atoms with van der Waals surface area (Å²) >= 11 is 0. The quantitative estimate of drug-likeness (QED) is 0.811. The van der Waals surface area contributed by atoms with E-state index in [0.717, 1.165) is 12.8 Å². The van der Waals surface area contributed by atoms with Gasteiger partial charge in [-0.05, 0) is 24.5 Å². The van der Waals surface area contributed by atoms with Gasteiger partial charge in [0.15, 0.2) is 0 Å². The van der Waals surface area contributed by atoms with Crippen LogP contribution in [0.25, 0.3) is 0 Å². The van der Waals surface area contributed by atoms with E-state index in [2.05, 4.69) is 0 Å². The van der Waals surface area contributed by atoms with Crippen molar-refractivity contribution in [1.29, 1.82) is 0 Å². The van der Waals surface area contributed by atoms with Crippen molar-refractivity contribution in [1.82, 2.24) is 4.57 Å². The van der Waals surface area contributed by atoms with Crippen molar-refractivity contribution in [2.24, 2.45) is 12.8 Å². The molecule has 94 valence electrons. The van der Waals surface area contributed by atoms with Crippen LogP contribution in [0.3, 0.4) is 0 Å². The normalized spacial score (nSPS) is 18.3. The van der Waals surface area contributed by atoms with E-state index in [0.29, 0.717) is 12.2 Å². The molecule has 1 aliphatic carbocycles. The van der Waals surface area contributed by atoms with Gasteiger partial charge in [0.1, 0.15) is 5.69 Å². The first kappa shape index (κ1) is 12.2. The Morgan fingerprint density at radius 2 is 2.18 bits per heavy atom. The summed E-state index contributed by atoms with van der Waals surface area (Å²) in [4.78, 5) is 11.6. The van der Waals surface area contributed by atoms with E-state index in [4.69, 9.17) is 10.5 Å². The zero-order chi connectivity index (χ0) is 12.5. The molecule has 1 fully saturated rings. The number of ether oxygens (including phenoxy) is 1. The van der Waals surface area contributed by atoms with Crippen LogP contribution in [0.15, 0.2) is 12.3 Å². The fourth-order valence-corrected chi connectivity index (χ4v) is 2.82. The van der Waals surface area contributed by atoms with E-state index in [1.54, 1.807) is 0 Å². The molecule has 0 atom stereocenters. The molecule has 0 bridgehead atoms. The summed E-state index contributed by atoms with van der Waals surface area (Å²) in [6.45, 7) is 0.650. The van der Waals surface area contributed by atoms with Crippen molar-refractivity contribution in [3.63, 3.8) is 0 Å². The first-order valence-electron chi connectivity index (χ1n) is 6.08. The third-order valence-electron chi connectivity index (χ3n) is 3.96. The molecule has 1 aromatic heterocycles. The minimum atomic E-state index is -0.288. The Kier molecular flexibility index (Phi) is 3.24. The standard InChI is InChI=1S/C13H20N2O2/c1-15-8-10(7-11(15)12(16)17-2)13(9-14)5-3-4-6-13/h7-8H,3-6,9,14H2,1-2H3. The number of nitrogens with zero attached hydrogens (tertiary/aromatic N) is 1. The number of aryl methyl sites for hydroxylation is 1. The van der Waals surface area contributed by atoms with Gasteiger partial charge in [0.05, 0.1) is 7.11 Å². The molecule has 1 saturated carbocycles. The number of methoxy groups -OCH3 is 1. The second-order valence-electron chi connectivity index (χ2n) is 4.91. The highest BCUT2D eigenvalue weighted by molar-refractivity contribution is 5.88. The minimum Gasteiger partial charge on any atom is -0.464 e. The lowest BCUT2D eigenvalue weighted by Gasteiger charge is -2.26. The summed E-state index contributed by atoms with van der Waals surface area (Å²) in [6.07, 6.45) is 6.70. The van der Waals surface area contributed by atoms with Gasteiger partial charge < -0.3 is 15.0 Å². The van der Waals surface area contributed by atoms with Crippen molar-refractivity contribution in [3.8, 4) is 0 Å². The molecule has 4 heteroatoms. The average Bonchev–Trinajstić information content (AvgIpc) is 2.95. The van der Waals surface area contributed by atoms with Crippen LogP contribution in [-0.4, -0.2) is 24.2 Å². The Balaban J connectivity index is 2.36. The number of hydrogen-bond acceptors (Lipinski definition) is 3. The molecule has 1 heterocycles. The van der Waals surface area contributed by atoms with Crippen LogP contribution < -0.4 is 5.73 Å². The van der Waals surface area contributed by atoms with Gasteiger partial charge in [-0.15, -0.1) is 0 Å². The van der Waals surface area contributed by atoms with Gasteiger partial charge in [0.25, 0.3) is 0 Å². The van der Waals surface area contributed by atoms with E-state index in [9.17, 15) is 4.79 Å². The van der Waals surface area contributed by atoms with E-state index < -0.39 is 0 Å². The third kappa shape index (κ3) is 1.97. The maximum atomic E-state index is 11.6. The van der Waals surface area contributed by atoms with E-state index in [-0.39, 0.29) is 11.4 Å². The summed E-state index contributed by atoms with van der Waals surface area (Å²) in [7, 11) is 3.28. The Labute approximate surface area is 102 Å². The van der Waals surface area contributed by atoms with Crippen molar-refractivity contribution in [3.05, 3.63) is 23.5 Å². The SMILES string of the molecule is COC(=O)c1cc(C2(CN)CCCC2)cn1C. The first-order chi connectivity index (χ1) is 8.13. The third-order valence-corrected chi connectivity index (χ3v) is 3.96. The predicted octanol–water partition coefficient (Wildman–Crippen LogP) is 1.58. The Hall–Kier alpha value is -1.29. The lowest BCUT2D eigenvalue weighted by atomic mass is 9.80. The van der Waals surface area contributed by atoms with Gasteiger partial charge in [-0.2, -0.15) is 0 Å². The van der Waals surface area contributed by atoms with E-state index >= 15 is 0 Å². The summed E-state index contributed by atoms with van der Waals surface area (Å²) in [5.41, 5.74) is 7.80. The maximum absolute atomic E-state index is 11.6. The average molecular weight is 236 g/mol. The zero-order valence-electron chi connectivity index (χ0n) is 10.5. The summed E-state index contributed by atoms with van der Waals surface area (Å²) in [5, 5.41) is 0. The number of aromatic nitrogens is 1. The highest BCUT2D eigenvalue weighted by Crippen LogP contribution is 2.40. The predicted molar refractivity (Wildman–Crippen MR) is 66.0 cm³/mol. The number of carbonyl (C=O) groups is 1. The molecule has 0 spiro atoms. The highest BCUT2D eigenvalue weighted by Gasteiger charge is 2.35. The number of esters is 1. The van der Waals surface area contributed by atoms with Crippen LogP contribution in [0.2, 0.25) is 0 Å². The molecular formula is C13H20N2O2. The van der Waals surface area contributed by atoms with Gasteiger partial charge in [-0.1, -0.05) is 12.8 Å². The number of hydrogen-bond donors (Lipinski definition) is 1. The van der Waals surface area contributed by atoms with Gasteiger partial charge in [-0.25, -0.2) is 4.79 Å². The van der Waals surface area contributed by atoms with Crippen LogP contribution in [0, 0.1) is 0 Å². The molecule has 2 rings (SSSR count). The Morgan fingerprint density at radius 3 is 2.71 bits per heavy atom. The topological polar surface area (TPSA) is 57.2 Å². The molecule has 0 amide bonds. The minimum absolute atomic E-state index is 0.0734. The summed E-state index contributed by atoms with van der Waals surface area (Å²) < 4.78 is 6.60. The highest BCUT2D eigenvalue weighted by atomic mass is 16.5. The lowest BCUT2D eigenvalue weighted by Crippen LogP contribution is -2.31. The number of rotatable bonds is 3. The van der Waals surface area contributed by atoms with Crippen LogP contribution >= 0.6 is 0 Å². The van der Waals surface area contributed by atoms with Crippen molar-refractivity contribution >= 4 is 5.97 Å². The largest absolute Gasteiger partial charge is 0.464 e. The monoisotopic (exact) mass is 236 g/mol. The van der Waals surface area contributed by atoms with Gasteiger partial charge >= 0.3 is 5.97 Å². The van der Waals surface area contributed by atoms with Crippen LogP contribution in [0.1, 0.15) is 41.7 Å². The van der Waals surface area contributed by atoms with Gasteiger partial charge in [0, 0.05) is 25.2 Å². The smallest absolute Gasteiger partial charge is 0.354 e. The fraction of sp³-hybridized carbons (Fsp3) is 0.615. The van der Waals surface area contributed by atoms with Crippen molar-refractivity contribution in [2.45, 2.75) is 31.1 Å². The number of nitrogens with two attached hydrogens (primary N) is 1. The van der Waals surface area contributed by atoms with Gasteiger partial charge in [-0.3, -0.25) is 0 Å². The molecule has 4 nitrogen and oxygen atoms in total. The molecule has 2 N–H and O–H groups in total. The summed E-state index contributed by atoms with van der Waals surface area (Å²) in [5.74, 6) is -0.288. The van der Waals surface area contributed by atoms with Crippen LogP contribution in [0.4, 0.5) is 0 Å². The Bertz CT molecular complexity index is 417. The first-order valence-corrected chi connectivity index (χ1v) is 6.08. The zero-order valence-corrected chi connectivity index (χ0v) is 10.5. The molecular weight excluding hydrogens is 216 g/mol. The summed E-state index contributed by atoms with van der Waals surface area (Å²) in [6, 6.07) is 1.93. The van der Waals surface area contributed by atoms with Crippen molar-refractivity contribution < 1.29 is 9.53 Å². The lowest BCUT2D eigenvalue weighted by molar-refractivity contribution is 0.0590.